The van der Waals surface area contributed by atoms with Gasteiger partial charge in [0.1, 0.15) is 5.54 Å². The Bertz CT molecular complexity index is 362. The van der Waals surface area contributed by atoms with Gasteiger partial charge in [0.25, 0.3) is 0 Å². The van der Waals surface area contributed by atoms with Gasteiger partial charge in [0.15, 0.2) is 0 Å². The fourth-order valence-electron chi connectivity index (χ4n) is 1.03. The summed E-state index contributed by atoms with van der Waals surface area (Å²) in [5.41, 5.74) is -0.837. The molecule has 0 spiro atoms. The topological polar surface area (TPSA) is 40.5 Å². The largest absolute Gasteiger partial charge is 0.480 e. The molecule has 1 aromatic heterocycles. The van der Waals surface area contributed by atoms with E-state index in [-0.39, 0.29) is 0 Å². The quantitative estimate of drug-likeness (QED) is 0.927. The predicted molar refractivity (Wildman–Crippen MR) is 65.2 cm³/mol. The van der Waals surface area contributed by atoms with Crippen LogP contribution in [0.4, 0.5) is 0 Å². The highest BCUT2D eigenvalue weighted by Crippen LogP contribution is 2.25. The van der Waals surface area contributed by atoms with Gasteiger partial charge in [0, 0.05) is 11.4 Å². The summed E-state index contributed by atoms with van der Waals surface area (Å²) in [6.07, 6.45) is 0. The van der Waals surface area contributed by atoms with Gasteiger partial charge in [0.05, 0.1) is 3.79 Å². The highest BCUT2D eigenvalue weighted by Gasteiger charge is 2.31. The molecule has 1 N–H and O–H groups in total. The van der Waals surface area contributed by atoms with E-state index >= 15 is 0 Å². The van der Waals surface area contributed by atoms with Gasteiger partial charge in [-0.15, -0.1) is 11.3 Å². The van der Waals surface area contributed by atoms with Crippen LogP contribution in [0.3, 0.4) is 0 Å². The molecule has 0 aromatic carbocycles. The zero-order chi connectivity index (χ0) is 11.6. The van der Waals surface area contributed by atoms with Crippen molar-refractivity contribution in [1.82, 2.24) is 4.90 Å². The van der Waals surface area contributed by atoms with Gasteiger partial charge in [-0.3, -0.25) is 9.69 Å². The Kier molecular flexibility index (Phi) is 3.92. The van der Waals surface area contributed by atoms with E-state index in [0.29, 0.717) is 6.54 Å². The normalized spacial score (nSPS) is 12.1. The second-order valence-corrected chi connectivity index (χ2v) is 6.47. The number of carboxylic acid groups (broad SMARTS) is 1. The van der Waals surface area contributed by atoms with Gasteiger partial charge in [-0.25, -0.2) is 0 Å². The molecule has 0 saturated heterocycles. The summed E-state index contributed by atoms with van der Waals surface area (Å²) in [5, 5.41) is 9.05. The van der Waals surface area contributed by atoms with Crippen LogP contribution in [-0.2, 0) is 11.3 Å². The number of hydrogen-bond donors (Lipinski definition) is 1. The minimum absolute atomic E-state index is 0.648. The van der Waals surface area contributed by atoms with Crippen LogP contribution in [-0.4, -0.2) is 28.6 Å². The fraction of sp³-hybridized carbons (Fsp3) is 0.500. The molecule has 0 radical (unpaired) electrons. The molecule has 0 unspecified atom stereocenters. The van der Waals surface area contributed by atoms with E-state index in [1.54, 1.807) is 25.2 Å². The molecule has 1 heterocycles. The summed E-state index contributed by atoms with van der Waals surface area (Å²) in [7, 11) is 1.82. The predicted octanol–water partition coefficient (Wildman–Crippen LogP) is 2.81. The lowest BCUT2D eigenvalue weighted by Gasteiger charge is -2.30. The Balaban J connectivity index is 2.71. The first-order chi connectivity index (χ1) is 6.84. The summed E-state index contributed by atoms with van der Waals surface area (Å²) in [5.74, 6) is -0.805. The Morgan fingerprint density at radius 1 is 1.60 bits per heavy atom. The first-order valence-electron chi connectivity index (χ1n) is 4.53. The van der Waals surface area contributed by atoms with Crippen LogP contribution >= 0.6 is 27.3 Å². The molecule has 0 aliphatic rings. The van der Waals surface area contributed by atoms with Crippen LogP contribution in [0.15, 0.2) is 15.9 Å². The molecular weight excluding hydrogens is 278 g/mol. The molecule has 1 rings (SSSR count). The summed E-state index contributed by atoms with van der Waals surface area (Å²) < 4.78 is 1.07. The minimum Gasteiger partial charge on any atom is -0.480 e. The van der Waals surface area contributed by atoms with Crippen LogP contribution < -0.4 is 0 Å². The van der Waals surface area contributed by atoms with Crippen molar-refractivity contribution in [3.8, 4) is 0 Å². The van der Waals surface area contributed by atoms with Crippen molar-refractivity contribution in [2.75, 3.05) is 7.05 Å². The maximum Gasteiger partial charge on any atom is 0.323 e. The van der Waals surface area contributed by atoms with E-state index < -0.39 is 11.5 Å². The second-order valence-electron chi connectivity index (χ2n) is 3.93. The third-order valence-corrected chi connectivity index (χ3v) is 4.11. The zero-order valence-electron chi connectivity index (χ0n) is 8.95. The Morgan fingerprint density at radius 2 is 2.20 bits per heavy atom. The van der Waals surface area contributed by atoms with E-state index in [1.807, 2.05) is 24.1 Å². The molecule has 1 aromatic rings. The molecule has 0 aliphatic carbocycles. The van der Waals surface area contributed by atoms with Crippen molar-refractivity contribution in [1.29, 1.82) is 0 Å². The van der Waals surface area contributed by atoms with Crippen LogP contribution in [0.5, 0.6) is 0 Å². The summed E-state index contributed by atoms with van der Waals surface area (Å²) in [6, 6.07) is 3.98. The highest BCUT2D eigenvalue weighted by molar-refractivity contribution is 9.11. The van der Waals surface area contributed by atoms with Crippen LogP contribution in [0.2, 0.25) is 0 Å². The Morgan fingerprint density at radius 3 is 2.60 bits per heavy atom. The van der Waals surface area contributed by atoms with Crippen molar-refractivity contribution in [3.63, 3.8) is 0 Å². The number of nitrogens with zero attached hydrogens (tertiary/aromatic N) is 1. The monoisotopic (exact) mass is 291 g/mol. The lowest BCUT2D eigenvalue weighted by atomic mass is 10.0. The summed E-state index contributed by atoms with van der Waals surface area (Å²) in [6.45, 7) is 4.06. The molecule has 0 amide bonds. The summed E-state index contributed by atoms with van der Waals surface area (Å²) >= 11 is 5.01. The van der Waals surface area contributed by atoms with Crippen molar-refractivity contribution >= 4 is 33.2 Å². The van der Waals surface area contributed by atoms with Gasteiger partial charge in [-0.1, -0.05) is 0 Å². The molecule has 15 heavy (non-hydrogen) atoms. The third-order valence-electron chi connectivity index (χ3n) is 2.50. The maximum atomic E-state index is 11.0. The molecule has 3 nitrogen and oxygen atoms in total. The van der Waals surface area contributed by atoms with Gasteiger partial charge >= 0.3 is 5.97 Å². The highest BCUT2D eigenvalue weighted by atomic mass is 79.9. The van der Waals surface area contributed by atoms with Gasteiger partial charge in [0.2, 0.25) is 0 Å². The van der Waals surface area contributed by atoms with E-state index in [4.69, 9.17) is 5.11 Å². The standard InChI is InChI=1S/C10H14BrNO2S/c1-10(2,9(13)14)12(3)6-7-4-5-8(11)15-7/h4-5H,6H2,1-3H3,(H,13,14). The molecule has 0 atom stereocenters. The van der Waals surface area contributed by atoms with E-state index in [9.17, 15) is 4.79 Å². The number of rotatable bonds is 4. The molecular formula is C10H14BrNO2S. The van der Waals surface area contributed by atoms with Crippen molar-refractivity contribution in [3.05, 3.63) is 20.8 Å². The molecule has 84 valence electrons. The number of carbonyl (C=O) groups is 1. The Labute approximate surface area is 102 Å². The number of thiophene rings is 1. The van der Waals surface area contributed by atoms with Crippen LogP contribution in [0.1, 0.15) is 18.7 Å². The average Bonchev–Trinajstić information content (AvgIpc) is 2.50. The van der Waals surface area contributed by atoms with Crippen molar-refractivity contribution in [2.24, 2.45) is 0 Å². The van der Waals surface area contributed by atoms with Crippen LogP contribution in [0, 0.1) is 0 Å². The lowest BCUT2D eigenvalue weighted by molar-refractivity contribution is -0.148. The van der Waals surface area contributed by atoms with E-state index in [0.717, 1.165) is 8.66 Å². The SMILES string of the molecule is CN(Cc1ccc(Br)s1)C(C)(C)C(=O)O. The number of carboxylic acids is 1. The number of aliphatic carboxylic acids is 1. The summed E-state index contributed by atoms with van der Waals surface area (Å²) in [4.78, 5) is 14.0. The number of likely N-dealkylation sites (N-methyl/N-ethyl adjacent to an activating group) is 1. The fourth-order valence-corrected chi connectivity index (χ4v) is 2.57. The Hall–Kier alpha value is -0.390. The van der Waals surface area contributed by atoms with Crippen molar-refractivity contribution < 1.29 is 9.90 Å². The third kappa shape index (κ3) is 3.03. The molecule has 0 saturated carbocycles. The lowest BCUT2D eigenvalue weighted by Crippen LogP contribution is -2.47. The van der Waals surface area contributed by atoms with Gasteiger partial charge < -0.3 is 5.11 Å². The molecule has 0 bridgehead atoms. The van der Waals surface area contributed by atoms with Crippen molar-refractivity contribution in [2.45, 2.75) is 25.9 Å². The molecule has 0 aliphatic heterocycles. The minimum atomic E-state index is -0.837. The van der Waals surface area contributed by atoms with E-state index in [1.165, 1.54) is 0 Å². The second kappa shape index (κ2) is 4.63. The first-order valence-corrected chi connectivity index (χ1v) is 6.14. The zero-order valence-corrected chi connectivity index (χ0v) is 11.4. The van der Waals surface area contributed by atoms with E-state index in [2.05, 4.69) is 15.9 Å². The number of halogens is 1. The smallest absolute Gasteiger partial charge is 0.323 e. The molecule has 0 fully saturated rings. The van der Waals surface area contributed by atoms with Gasteiger partial charge in [-0.2, -0.15) is 0 Å². The molecule has 5 heteroatoms. The van der Waals surface area contributed by atoms with Gasteiger partial charge in [-0.05, 0) is 49.0 Å². The van der Waals surface area contributed by atoms with Crippen LogP contribution in [0.25, 0.3) is 0 Å². The first kappa shape index (κ1) is 12.7. The number of hydrogen-bond acceptors (Lipinski definition) is 3. The average molecular weight is 292 g/mol. The maximum absolute atomic E-state index is 11.0.